The number of nitrogens with zero attached hydrogens (tertiary/aromatic N) is 4. The molecule has 1 aromatic heterocycles. The number of carbonyl (C=O) groups is 1. The van der Waals surface area contributed by atoms with Gasteiger partial charge in [-0.3, -0.25) is 14.2 Å². The Bertz CT molecular complexity index is 1360. The molecule has 192 valence electrons. The van der Waals surface area contributed by atoms with Crippen LogP contribution in [-0.2, 0) is 11.3 Å². The standard InChI is InChI=1S/C29H32N4O4/c1-4-24(22-12-8-9-20(15-22)16-30)33-25(18-37-19(2)3)31-27(34)26(29(33)36)28(35)32-14-13-23(17-32)21-10-6-5-7-11-21/h5-12,15,19,23-24,34H,4,13-14,17-18H2,1-3H3/t23-,24+/m0/s1. The SMILES string of the molecule is CC[C@H](c1cccc(C#N)c1)n1c(COC(C)C)nc(O)c(C(=O)N2CC[C@H](c3ccccc3)C2)c1=O. The van der Waals surface area contributed by atoms with Crippen molar-refractivity contribution in [1.82, 2.24) is 14.5 Å². The number of nitriles is 1. The van der Waals surface area contributed by atoms with E-state index in [1.54, 1.807) is 23.1 Å². The van der Waals surface area contributed by atoms with Crippen LogP contribution in [0, 0.1) is 11.3 Å². The Morgan fingerprint density at radius 2 is 1.97 bits per heavy atom. The van der Waals surface area contributed by atoms with Crippen LogP contribution in [0.15, 0.2) is 59.4 Å². The quantitative estimate of drug-likeness (QED) is 0.492. The van der Waals surface area contributed by atoms with Crippen molar-refractivity contribution in [2.75, 3.05) is 13.1 Å². The van der Waals surface area contributed by atoms with Crippen molar-refractivity contribution in [3.05, 3.63) is 93.0 Å². The molecule has 1 amide bonds. The Morgan fingerprint density at radius 1 is 1.22 bits per heavy atom. The fourth-order valence-electron chi connectivity index (χ4n) is 4.90. The first-order valence-corrected chi connectivity index (χ1v) is 12.6. The number of hydrogen-bond donors (Lipinski definition) is 1. The van der Waals surface area contributed by atoms with Crippen molar-refractivity contribution in [1.29, 1.82) is 5.26 Å². The molecule has 2 aromatic carbocycles. The Labute approximate surface area is 216 Å². The minimum Gasteiger partial charge on any atom is -0.493 e. The second-order valence-electron chi connectivity index (χ2n) is 9.57. The van der Waals surface area contributed by atoms with Crippen molar-refractivity contribution >= 4 is 5.91 Å². The van der Waals surface area contributed by atoms with Gasteiger partial charge >= 0.3 is 0 Å². The minimum atomic E-state index is -0.614. The van der Waals surface area contributed by atoms with Crippen molar-refractivity contribution in [2.45, 2.75) is 58.3 Å². The molecule has 8 heteroatoms. The van der Waals surface area contributed by atoms with Gasteiger partial charge in [0, 0.05) is 19.0 Å². The van der Waals surface area contributed by atoms with E-state index < -0.39 is 23.4 Å². The zero-order valence-electron chi connectivity index (χ0n) is 21.4. The predicted molar refractivity (Wildman–Crippen MR) is 139 cm³/mol. The van der Waals surface area contributed by atoms with Crippen LogP contribution in [-0.4, -0.2) is 44.7 Å². The first-order valence-electron chi connectivity index (χ1n) is 12.6. The summed E-state index contributed by atoms with van der Waals surface area (Å²) in [5, 5.41) is 20.2. The number of aromatic nitrogens is 2. The van der Waals surface area contributed by atoms with E-state index in [-0.39, 0.29) is 30.0 Å². The lowest BCUT2D eigenvalue weighted by molar-refractivity contribution is 0.0572. The first-order chi connectivity index (χ1) is 17.8. The zero-order chi connectivity index (χ0) is 26.5. The van der Waals surface area contributed by atoms with Crippen LogP contribution < -0.4 is 5.56 Å². The van der Waals surface area contributed by atoms with Gasteiger partial charge in [-0.2, -0.15) is 10.2 Å². The lowest BCUT2D eigenvalue weighted by atomic mass is 9.99. The van der Waals surface area contributed by atoms with E-state index >= 15 is 0 Å². The fourth-order valence-corrected chi connectivity index (χ4v) is 4.90. The van der Waals surface area contributed by atoms with Crippen molar-refractivity contribution in [2.24, 2.45) is 0 Å². The van der Waals surface area contributed by atoms with Crippen LogP contribution in [0.5, 0.6) is 5.88 Å². The van der Waals surface area contributed by atoms with Crippen LogP contribution >= 0.6 is 0 Å². The average Bonchev–Trinajstić information content (AvgIpc) is 3.40. The maximum atomic E-state index is 13.9. The maximum Gasteiger partial charge on any atom is 0.270 e. The zero-order valence-corrected chi connectivity index (χ0v) is 21.4. The van der Waals surface area contributed by atoms with Crippen LogP contribution in [0.25, 0.3) is 0 Å². The number of likely N-dealkylation sites (tertiary alicyclic amines) is 1. The van der Waals surface area contributed by atoms with Crippen LogP contribution in [0.4, 0.5) is 0 Å². The predicted octanol–water partition coefficient (Wildman–Crippen LogP) is 4.37. The van der Waals surface area contributed by atoms with Gasteiger partial charge in [-0.25, -0.2) is 0 Å². The monoisotopic (exact) mass is 500 g/mol. The van der Waals surface area contributed by atoms with E-state index in [2.05, 4.69) is 11.1 Å². The van der Waals surface area contributed by atoms with Crippen LogP contribution in [0.2, 0.25) is 0 Å². The smallest absolute Gasteiger partial charge is 0.270 e. The number of aromatic hydroxyl groups is 1. The average molecular weight is 501 g/mol. The molecule has 2 atom stereocenters. The first kappa shape index (κ1) is 26.1. The second kappa shape index (κ2) is 11.4. The van der Waals surface area contributed by atoms with E-state index in [0.717, 1.165) is 17.5 Å². The normalized spacial score (nSPS) is 16.1. The molecular formula is C29H32N4O4. The topological polar surface area (TPSA) is 108 Å². The summed E-state index contributed by atoms with van der Waals surface area (Å²) in [7, 11) is 0. The molecule has 8 nitrogen and oxygen atoms in total. The van der Waals surface area contributed by atoms with Gasteiger partial charge in [0.2, 0.25) is 5.88 Å². The molecular weight excluding hydrogens is 468 g/mol. The summed E-state index contributed by atoms with van der Waals surface area (Å²) in [6.45, 7) is 6.58. The molecule has 1 fully saturated rings. The van der Waals surface area contributed by atoms with Crippen molar-refractivity contribution in [3.63, 3.8) is 0 Å². The molecule has 4 rings (SSSR count). The van der Waals surface area contributed by atoms with Gasteiger partial charge in [-0.15, -0.1) is 0 Å². The Balaban J connectivity index is 1.76. The summed E-state index contributed by atoms with van der Waals surface area (Å²) in [4.78, 5) is 33.4. The number of hydrogen-bond acceptors (Lipinski definition) is 6. The summed E-state index contributed by atoms with van der Waals surface area (Å²) in [5.74, 6) is -0.722. The highest BCUT2D eigenvalue weighted by Crippen LogP contribution is 2.30. The second-order valence-corrected chi connectivity index (χ2v) is 9.57. The lowest BCUT2D eigenvalue weighted by Crippen LogP contribution is -2.39. The number of amides is 1. The molecule has 2 heterocycles. The van der Waals surface area contributed by atoms with E-state index in [0.29, 0.717) is 25.1 Å². The molecule has 0 aliphatic carbocycles. The fraction of sp³-hybridized carbons (Fsp3) is 0.379. The van der Waals surface area contributed by atoms with Gasteiger partial charge in [0.1, 0.15) is 12.4 Å². The highest BCUT2D eigenvalue weighted by molar-refractivity contribution is 5.96. The summed E-state index contributed by atoms with van der Waals surface area (Å²) < 4.78 is 7.18. The number of carbonyl (C=O) groups excluding carboxylic acids is 1. The number of rotatable bonds is 8. The van der Waals surface area contributed by atoms with E-state index in [9.17, 15) is 20.0 Å². The molecule has 3 aromatic rings. The highest BCUT2D eigenvalue weighted by Gasteiger charge is 2.33. The van der Waals surface area contributed by atoms with E-state index in [1.807, 2.05) is 57.2 Å². The van der Waals surface area contributed by atoms with Gasteiger partial charge in [0.25, 0.3) is 11.5 Å². The molecule has 1 N–H and O–H groups in total. The molecule has 1 aliphatic rings. The van der Waals surface area contributed by atoms with Gasteiger partial charge in [-0.1, -0.05) is 49.4 Å². The molecule has 1 aliphatic heterocycles. The largest absolute Gasteiger partial charge is 0.493 e. The third-order valence-corrected chi connectivity index (χ3v) is 6.77. The van der Waals surface area contributed by atoms with Crippen LogP contribution in [0.3, 0.4) is 0 Å². The summed E-state index contributed by atoms with van der Waals surface area (Å²) >= 11 is 0. The van der Waals surface area contributed by atoms with Gasteiger partial charge in [-0.05, 0) is 49.9 Å². The Morgan fingerprint density at radius 3 is 2.65 bits per heavy atom. The minimum absolute atomic E-state index is 0.0107. The maximum absolute atomic E-state index is 13.9. The summed E-state index contributed by atoms with van der Waals surface area (Å²) in [5.41, 5.74) is 1.40. The number of ether oxygens (including phenoxy) is 1. The molecule has 0 unspecified atom stereocenters. The van der Waals surface area contributed by atoms with Gasteiger partial charge in [0.05, 0.1) is 23.8 Å². The van der Waals surface area contributed by atoms with Crippen molar-refractivity contribution < 1.29 is 14.6 Å². The lowest BCUT2D eigenvalue weighted by Gasteiger charge is -2.25. The van der Waals surface area contributed by atoms with Gasteiger partial charge < -0.3 is 14.7 Å². The van der Waals surface area contributed by atoms with Gasteiger partial charge in [0.15, 0.2) is 5.56 Å². The summed E-state index contributed by atoms with van der Waals surface area (Å²) in [6, 6.07) is 18.6. The van der Waals surface area contributed by atoms with E-state index in [1.165, 1.54) is 4.57 Å². The third-order valence-electron chi connectivity index (χ3n) is 6.77. The molecule has 0 radical (unpaired) electrons. The van der Waals surface area contributed by atoms with Crippen LogP contribution in [0.1, 0.15) is 78.4 Å². The molecule has 0 bridgehead atoms. The molecule has 0 saturated carbocycles. The number of benzene rings is 2. The molecule has 37 heavy (non-hydrogen) atoms. The third kappa shape index (κ3) is 5.57. The molecule has 0 spiro atoms. The molecule has 1 saturated heterocycles. The Kier molecular flexibility index (Phi) is 8.04. The van der Waals surface area contributed by atoms with Crippen molar-refractivity contribution in [3.8, 4) is 11.9 Å². The highest BCUT2D eigenvalue weighted by atomic mass is 16.5. The summed E-state index contributed by atoms with van der Waals surface area (Å²) in [6.07, 6.45) is 1.15. The Hall–Kier alpha value is -3.96. The van der Waals surface area contributed by atoms with E-state index in [4.69, 9.17) is 4.74 Å².